The summed E-state index contributed by atoms with van der Waals surface area (Å²) in [5.74, 6) is -0.207. The van der Waals surface area contributed by atoms with Crippen molar-refractivity contribution in [3.8, 4) is 0 Å². The van der Waals surface area contributed by atoms with E-state index in [9.17, 15) is 4.79 Å². The highest BCUT2D eigenvalue weighted by molar-refractivity contribution is 5.68. The normalized spacial score (nSPS) is 24.5. The van der Waals surface area contributed by atoms with Gasteiger partial charge in [0.05, 0.1) is 6.42 Å². The number of nitrogens with one attached hydrogen (secondary N) is 1. The molecule has 11 heavy (non-hydrogen) atoms. The summed E-state index contributed by atoms with van der Waals surface area (Å²) in [6.45, 7) is 2.05. The van der Waals surface area contributed by atoms with Crippen LogP contribution < -0.4 is 5.32 Å². The summed E-state index contributed by atoms with van der Waals surface area (Å²) < 4.78 is 0. The first-order chi connectivity index (χ1) is 5.29. The van der Waals surface area contributed by atoms with Crippen molar-refractivity contribution in [2.24, 2.45) is 5.92 Å². The Morgan fingerprint density at radius 3 is 3.09 bits per heavy atom. The van der Waals surface area contributed by atoms with E-state index in [1.807, 2.05) is 6.08 Å². The molecule has 0 aromatic carbocycles. The van der Waals surface area contributed by atoms with Crippen LogP contribution in [0.1, 0.15) is 12.8 Å². The number of rotatable bonds is 3. The van der Waals surface area contributed by atoms with E-state index >= 15 is 0 Å². The van der Waals surface area contributed by atoms with Gasteiger partial charge in [-0.25, -0.2) is 0 Å². The van der Waals surface area contributed by atoms with E-state index in [0.29, 0.717) is 5.92 Å². The zero-order chi connectivity index (χ0) is 8.10. The molecule has 0 aromatic rings. The van der Waals surface area contributed by atoms with Gasteiger partial charge >= 0.3 is 5.97 Å². The lowest BCUT2D eigenvalue weighted by molar-refractivity contribution is -0.136. The molecule has 0 spiro atoms. The van der Waals surface area contributed by atoms with Crippen LogP contribution in [0.4, 0.5) is 0 Å². The summed E-state index contributed by atoms with van der Waals surface area (Å²) in [5, 5.41) is 11.5. The minimum atomic E-state index is -0.757. The Morgan fingerprint density at radius 2 is 2.55 bits per heavy atom. The summed E-state index contributed by atoms with van der Waals surface area (Å²) in [6, 6.07) is 0. The predicted octanol–water partition coefficient (Wildman–Crippen LogP) is 0.627. The van der Waals surface area contributed by atoms with Gasteiger partial charge in [-0.05, 0) is 18.9 Å². The molecule has 1 saturated heterocycles. The highest BCUT2D eigenvalue weighted by Gasteiger charge is 2.09. The van der Waals surface area contributed by atoms with Crippen molar-refractivity contribution in [3.63, 3.8) is 0 Å². The van der Waals surface area contributed by atoms with Gasteiger partial charge < -0.3 is 10.4 Å². The van der Waals surface area contributed by atoms with E-state index in [0.717, 1.165) is 19.5 Å². The Kier molecular flexibility index (Phi) is 3.11. The van der Waals surface area contributed by atoms with Crippen molar-refractivity contribution in [1.82, 2.24) is 5.32 Å². The van der Waals surface area contributed by atoms with Crippen molar-refractivity contribution in [2.45, 2.75) is 12.8 Å². The molecule has 1 fully saturated rings. The molecule has 0 radical (unpaired) electrons. The standard InChI is InChI=1S/C8H13NO2/c10-8(11)3-1-2-7-4-5-9-6-7/h1-2,7,9H,3-6H2,(H,10,11)/b2-1-. The predicted molar refractivity (Wildman–Crippen MR) is 42.4 cm³/mol. The first kappa shape index (κ1) is 8.27. The fourth-order valence-corrected chi connectivity index (χ4v) is 1.20. The number of aliphatic carboxylic acids is 1. The summed E-state index contributed by atoms with van der Waals surface area (Å²) in [6.07, 6.45) is 5.01. The molecule has 0 saturated carbocycles. The van der Waals surface area contributed by atoms with Crippen molar-refractivity contribution in [1.29, 1.82) is 0 Å². The van der Waals surface area contributed by atoms with Crippen LogP contribution in [0, 0.1) is 5.92 Å². The van der Waals surface area contributed by atoms with E-state index < -0.39 is 5.97 Å². The number of carboxylic acid groups (broad SMARTS) is 1. The molecule has 0 amide bonds. The minimum absolute atomic E-state index is 0.149. The van der Waals surface area contributed by atoms with E-state index in [-0.39, 0.29) is 6.42 Å². The second-order valence-electron chi connectivity index (χ2n) is 2.78. The zero-order valence-electron chi connectivity index (χ0n) is 6.42. The Balaban J connectivity index is 2.17. The monoisotopic (exact) mass is 155 g/mol. The van der Waals surface area contributed by atoms with Crippen LogP contribution in [-0.4, -0.2) is 24.2 Å². The maximum atomic E-state index is 10.1. The molecule has 0 aromatic heterocycles. The van der Waals surface area contributed by atoms with Crippen LogP contribution in [0.3, 0.4) is 0 Å². The molecule has 3 nitrogen and oxygen atoms in total. The summed E-state index contributed by atoms with van der Waals surface area (Å²) >= 11 is 0. The largest absolute Gasteiger partial charge is 0.481 e. The van der Waals surface area contributed by atoms with Gasteiger partial charge in [-0.2, -0.15) is 0 Å². The first-order valence-corrected chi connectivity index (χ1v) is 3.88. The molecule has 0 aliphatic carbocycles. The molecule has 1 heterocycles. The topological polar surface area (TPSA) is 49.3 Å². The molecule has 3 heteroatoms. The van der Waals surface area contributed by atoms with Crippen LogP contribution in [-0.2, 0) is 4.79 Å². The average Bonchev–Trinajstić information content (AvgIpc) is 2.39. The van der Waals surface area contributed by atoms with Crippen LogP contribution in [0.2, 0.25) is 0 Å². The van der Waals surface area contributed by atoms with E-state index in [1.165, 1.54) is 0 Å². The zero-order valence-corrected chi connectivity index (χ0v) is 6.42. The van der Waals surface area contributed by atoms with Gasteiger partial charge in [0.15, 0.2) is 0 Å². The highest BCUT2D eigenvalue weighted by atomic mass is 16.4. The maximum Gasteiger partial charge on any atom is 0.307 e. The quantitative estimate of drug-likeness (QED) is 0.587. The van der Waals surface area contributed by atoms with Crippen molar-refractivity contribution < 1.29 is 9.90 Å². The Morgan fingerprint density at radius 1 is 1.73 bits per heavy atom. The number of carboxylic acids is 1. The van der Waals surface area contributed by atoms with Crippen LogP contribution in [0.25, 0.3) is 0 Å². The van der Waals surface area contributed by atoms with Crippen LogP contribution in [0.15, 0.2) is 12.2 Å². The molecule has 1 unspecified atom stereocenters. The smallest absolute Gasteiger partial charge is 0.307 e. The van der Waals surface area contributed by atoms with Crippen LogP contribution >= 0.6 is 0 Å². The fraction of sp³-hybridized carbons (Fsp3) is 0.625. The summed E-state index contributed by atoms with van der Waals surface area (Å²) in [4.78, 5) is 10.1. The third-order valence-corrected chi connectivity index (χ3v) is 1.80. The third kappa shape index (κ3) is 3.18. The lowest BCUT2D eigenvalue weighted by atomic mass is 10.1. The van der Waals surface area contributed by atoms with Crippen molar-refractivity contribution in [2.75, 3.05) is 13.1 Å². The van der Waals surface area contributed by atoms with Crippen molar-refractivity contribution >= 4 is 5.97 Å². The van der Waals surface area contributed by atoms with Crippen molar-refractivity contribution in [3.05, 3.63) is 12.2 Å². The van der Waals surface area contributed by atoms with Gasteiger partial charge in [-0.1, -0.05) is 12.2 Å². The Hall–Kier alpha value is -0.830. The molecule has 62 valence electrons. The van der Waals surface area contributed by atoms with Gasteiger partial charge in [0.25, 0.3) is 0 Å². The molecule has 0 bridgehead atoms. The lowest BCUT2D eigenvalue weighted by Gasteiger charge is -1.97. The molecular formula is C8H13NO2. The number of hydrogen-bond acceptors (Lipinski definition) is 2. The Bertz CT molecular complexity index is 159. The lowest BCUT2D eigenvalue weighted by Crippen LogP contribution is -2.07. The fourth-order valence-electron chi connectivity index (χ4n) is 1.20. The highest BCUT2D eigenvalue weighted by Crippen LogP contribution is 2.08. The molecule has 1 atom stereocenters. The Labute approximate surface area is 66.1 Å². The third-order valence-electron chi connectivity index (χ3n) is 1.80. The maximum absolute atomic E-state index is 10.1. The first-order valence-electron chi connectivity index (χ1n) is 3.88. The van der Waals surface area contributed by atoms with E-state index in [2.05, 4.69) is 5.32 Å². The number of carbonyl (C=O) groups is 1. The van der Waals surface area contributed by atoms with Gasteiger partial charge in [-0.15, -0.1) is 0 Å². The van der Waals surface area contributed by atoms with Gasteiger partial charge in [0, 0.05) is 6.54 Å². The van der Waals surface area contributed by atoms with Gasteiger partial charge in [-0.3, -0.25) is 4.79 Å². The van der Waals surface area contributed by atoms with E-state index in [4.69, 9.17) is 5.11 Å². The average molecular weight is 155 g/mol. The van der Waals surface area contributed by atoms with Crippen LogP contribution in [0.5, 0.6) is 0 Å². The second-order valence-corrected chi connectivity index (χ2v) is 2.78. The van der Waals surface area contributed by atoms with Gasteiger partial charge in [0.2, 0.25) is 0 Å². The molecule has 1 rings (SSSR count). The molecule has 1 aliphatic rings. The summed E-state index contributed by atoms with van der Waals surface area (Å²) in [7, 11) is 0. The molecular weight excluding hydrogens is 142 g/mol. The number of hydrogen-bond donors (Lipinski definition) is 2. The second kappa shape index (κ2) is 4.13. The van der Waals surface area contributed by atoms with E-state index in [1.54, 1.807) is 6.08 Å². The molecule has 1 aliphatic heterocycles. The molecule has 2 N–H and O–H groups in total. The summed E-state index contributed by atoms with van der Waals surface area (Å²) in [5.41, 5.74) is 0. The van der Waals surface area contributed by atoms with Gasteiger partial charge in [0.1, 0.15) is 0 Å². The minimum Gasteiger partial charge on any atom is -0.481 e. The SMILES string of the molecule is O=C(O)C/C=C\C1CCNC1.